The first-order chi connectivity index (χ1) is 7.69. The second-order valence-corrected chi connectivity index (χ2v) is 5.70. The summed E-state index contributed by atoms with van der Waals surface area (Å²) in [4.78, 5) is 5.83. The first-order valence-corrected chi connectivity index (χ1v) is 6.68. The Bertz CT molecular complexity index is 494. The van der Waals surface area contributed by atoms with Crippen molar-refractivity contribution in [3.05, 3.63) is 44.9 Å². The van der Waals surface area contributed by atoms with Gasteiger partial charge in [0.2, 0.25) is 0 Å². The first-order valence-electron chi connectivity index (χ1n) is 5.07. The number of halogens is 1. The minimum atomic E-state index is 0.892. The third-order valence-corrected chi connectivity index (χ3v) is 3.89. The van der Waals surface area contributed by atoms with E-state index < -0.39 is 0 Å². The van der Waals surface area contributed by atoms with E-state index in [4.69, 9.17) is 0 Å². The van der Waals surface area contributed by atoms with Gasteiger partial charge in [-0.2, -0.15) is 0 Å². The second-order valence-electron chi connectivity index (χ2n) is 3.58. The molecule has 0 saturated heterocycles. The van der Waals surface area contributed by atoms with Crippen LogP contribution in [0.25, 0.3) is 0 Å². The van der Waals surface area contributed by atoms with E-state index >= 15 is 0 Å². The monoisotopic (exact) mass is 296 g/mol. The molecule has 0 fully saturated rings. The molecule has 84 valence electrons. The molecule has 0 radical (unpaired) electrons. The SMILES string of the molecule is CNc1nc(Cc2cccc(Br)c2)c(C)s1. The van der Waals surface area contributed by atoms with Crippen molar-refractivity contribution in [2.75, 3.05) is 12.4 Å². The van der Waals surface area contributed by atoms with Crippen molar-refractivity contribution >= 4 is 32.4 Å². The van der Waals surface area contributed by atoms with Gasteiger partial charge < -0.3 is 5.32 Å². The Labute approximate surface area is 108 Å². The number of rotatable bonds is 3. The molecule has 0 bridgehead atoms. The van der Waals surface area contributed by atoms with Crippen molar-refractivity contribution < 1.29 is 0 Å². The van der Waals surface area contributed by atoms with Crippen LogP contribution in [-0.4, -0.2) is 12.0 Å². The predicted molar refractivity (Wildman–Crippen MR) is 73.3 cm³/mol. The Morgan fingerprint density at radius 3 is 2.88 bits per heavy atom. The number of anilines is 1. The van der Waals surface area contributed by atoms with Crippen LogP contribution in [0, 0.1) is 6.92 Å². The van der Waals surface area contributed by atoms with Gasteiger partial charge in [-0.25, -0.2) is 4.98 Å². The van der Waals surface area contributed by atoms with Gasteiger partial charge in [0.1, 0.15) is 0 Å². The van der Waals surface area contributed by atoms with E-state index in [9.17, 15) is 0 Å². The average Bonchev–Trinajstić information content (AvgIpc) is 2.60. The van der Waals surface area contributed by atoms with Gasteiger partial charge in [-0.1, -0.05) is 28.1 Å². The molecule has 0 aliphatic carbocycles. The van der Waals surface area contributed by atoms with E-state index in [0.29, 0.717) is 0 Å². The topological polar surface area (TPSA) is 24.9 Å². The van der Waals surface area contributed by atoms with Crippen molar-refractivity contribution in [3.63, 3.8) is 0 Å². The Morgan fingerprint density at radius 2 is 2.25 bits per heavy atom. The number of nitrogens with zero attached hydrogens (tertiary/aromatic N) is 1. The van der Waals surface area contributed by atoms with E-state index in [1.165, 1.54) is 10.4 Å². The van der Waals surface area contributed by atoms with Crippen molar-refractivity contribution in [1.82, 2.24) is 4.98 Å². The van der Waals surface area contributed by atoms with Crippen LogP contribution >= 0.6 is 27.3 Å². The van der Waals surface area contributed by atoms with Crippen molar-refractivity contribution in [2.45, 2.75) is 13.3 Å². The highest BCUT2D eigenvalue weighted by molar-refractivity contribution is 9.10. The molecule has 0 amide bonds. The summed E-state index contributed by atoms with van der Waals surface area (Å²) in [6, 6.07) is 8.36. The molecule has 0 aliphatic rings. The second kappa shape index (κ2) is 4.97. The lowest BCUT2D eigenvalue weighted by molar-refractivity contribution is 1.08. The smallest absolute Gasteiger partial charge is 0.182 e. The number of aryl methyl sites for hydroxylation is 1. The molecule has 0 spiro atoms. The zero-order valence-electron chi connectivity index (χ0n) is 9.25. The van der Waals surface area contributed by atoms with Crippen LogP contribution in [0.3, 0.4) is 0 Å². The molecule has 16 heavy (non-hydrogen) atoms. The summed E-state index contributed by atoms with van der Waals surface area (Å²) in [7, 11) is 1.90. The lowest BCUT2D eigenvalue weighted by Crippen LogP contribution is -1.92. The van der Waals surface area contributed by atoms with Crippen LogP contribution in [0.2, 0.25) is 0 Å². The summed E-state index contributed by atoms with van der Waals surface area (Å²) in [6.45, 7) is 2.12. The molecule has 2 rings (SSSR count). The van der Waals surface area contributed by atoms with Crippen LogP contribution < -0.4 is 5.32 Å². The number of hydrogen-bond donors (Lipinski definition) is 1. The highest BCUT2D eigenvalue weighted by atomic mass is 79.9. The minimum Gasteiger partial charge on any atom is -0.365 e. The predicted octanol–water partition coefficient (Wildman–Crippen LogP) is 3.85. The summed E-state index contributed by atoms with van der Waals surface area (Å²) in [5, 5.41) is 4.07. The molecule has 4 heteroatoms. The van der Waals surface area contributed by atoms with Gasteiger partial charge >= 0.3 is 0 Å². The van der Waals surface area contributed by atoms with Crippen LogP contribution in [-0.2, 0) is 6.42 Å². The number of benzene rings is 1. The van der Waals surface area contributed by atoms with E-state index in [1.54, 1.807) is 11.3 Å². The Morgan fingerprint density at radius 1 is 1.44 bits per heavy atom. The zero-order chi connectivity index (χ0) is 11.5. The van der Waals surface area contributed by atoms with Gasteiger partial charge in [-0.05, 0) is 24.6 Å². The van der Waals surface area contributed by atoms with Crippen LogP contribution in [0.5, 0.6) is 0 Å². The summed E-state index contributed by atoms with van der Waals surface area (Å²) in [5.74, 6) is 0. The zero-order valence-corrected chi connectivity index (χ0v) is 11.7. The maximum Gasteiger partial charge on any atom is 0.182 e. The summed E-state index contributed by atoms with van der Waals surface area (Å²) < 4.78 is 1.12. The molecule has 0 unspecified atom stereocenters. The molecule has 1 aromatic carbocycles. The lowest BCUT2D eigenvalue weighted by atomic mass is 10.1. The number of aromatic nitrogens is 1. The van der Waals surface area contributed by atoms with Crippen LogP contribution in [0.4, 0.5) is 5.13 Å². The fraction of sp³-hybridized carbons (Fsp3) is 0.250. The van der Waals surface area contributed by atoms with Crippen molar-refractivity contribution in [2.24, 2.45) is 0 Å². The standard InChI is InChI=1S/C12H13BrN2S/c1-8-11(15-12(14-2)16-8)7-9-4-3-5-10(13)6-9/h3-6H,7H2,1-2H3,(H,14,15). The fourth-order valence-corrected chi connectivity index (χ4v) is 2.77. The van der Waals surface area contributed by atoms with Gasteiger partial charge in [0.15, 0.2) is 5.13 Å². The maximum atomic E-state index is 4.55. The molecule has 1 N–H and O–H groups in total. The number of hydrogen-bond acceptors (Lipinski definition) is 3. The van der Waals surface area contributed by atoms with Gasteiger partial charge in [0.05, 0.1) is 5.69 Å². The van der Waals surface area contributed by atoms with E-state index in [-0.39, 0.29) is 0 Å². The maximum absolute atomic E-state index is 4.55. The van der Waals surface area contributed by atoms with Crippen molar-refractivity contribution in [3.8, 4) is 0 Å². The largest absolute Gasteiger partial charge is 0.365 e. The summed E-state index contributed by atoms with van der Waals surface area (Å²) >= 11 is 5.19. The Hall–Kier alpha value is -0.870. The highest BCUT2D eigenvalue weighted by Gasteiger charge is 2.07. The first kappa shape index (κ1) is 11.6. The Kier molecular flexibility index (Phi) is 3.61. The molecule has 0 saturated carbocycles. The third kappa shape index (κ3) is 2.62. The fourth-order valence-electron chi connectivity index (χ4n) is 1.54. The molecule has 1 aromatic heterocycles. The molecule has 1 heterocycles. The van der Waals surface area contributed by atoms with Gasteiger partial charge in [0, 0.05) is 22.8 Å². The highest BCUT2D eigenvalue weighted by Crippen LogP contribution is 2.24. The van der Waals surface area contributed by atoms with E-state index in [1.807, 2.05) is 13.1 Å². The van der Waals surface area contributed by atoms with E-state index in [0.717, 1.165) is 21.7 Å². The van der Waals surface area contributed by atoms with Gasteiger partial charge in [-0.3, -0.25) is 0 Å². The quantitative estimate of drug-likeness (QED) is 0.931. The molecule has 0 aliphatic heterocycles. The number of nitrogens with one attached hydrogen (secondary N) is 1. The van der Waals surface area contributed by atoms with Gasteiger partial charge in [-0.15, -0.1) is 11.3 Å². The summed E-state index contributed by atoms with van der Waals surface area (Å²) in [6.07, 6.45) is 0.892. The normalized spacial score (nSPS) is 10.4. The molecular formula is C12H13BrN2S. The molecule has 2 nitrogen and oxygen atoms in total. The molecule has 0 atom stereocenters. The minimum absolute atomic E-state index is 0.892. The molecule has 2 aromatic rings. The Balaban J connectivity index is 2.23. The summed E-state index contributed by atoms with van der Waals surface area (Å²) in [5.41, 5.74) is 2.44. The van der Waals surface area contributed by atoms with Crippen LogP contribution in [0.15, 0.2) is 28.7 Å². The van der Waals surface area contributed by atoms with Crippen molar-refractivity contribution in [1.29, 1.82) is 0 Å². The lowest BCUT2D eigenvalue weighted by Gasteiger charge is -2.00. The number of thiazole rings is 1. The average molecular weight is 297 g/mol. The van der Waals surface area contributed by atoms with E-state index in [2.05, 4.69) is 51.4 Å². The van der Waals surface area contributed by atoms with Gasteiger partial charge in [0.25, 0.3) is 0 Å². The third-order valence-electron chi connectivity index (χ3n) is 2.37. The molecular weight excluding hydrogens is 284 g/mol. The van der Waals surface area contributed by atoms with Crippen LogP contribution in [0.1, 0.15) is 16.1 Å².